The Labute approximate surface area is 174 Å². The molecule has 0 spiro atoms. The Morgan fingerprint density at radius 3 is 2.47 bits per heavy atom. The first kappa shape index (κ1) is 21.0. The Morgan fingerprint density at radius 2 is 1.83 bits per heavy atom. The third kappa shape index (κ3) is 5.21. The molecule has 1 amide bonds. The fourth-order valence-corrected chi connectivity index (χ4v) is 4.02. The van der Waals surface area contributed by atoms with Gasteiger partial charge in [0.25, 0.3) is 15.9 Å². The van der Waals surface area contributed by atoms with Crippen molar-refractivity contribution in [3.05, 3.63) is 84.7 Å². The number of pyridine rings is 1. The van der Waals surface area contributed by atoms with Gasteiger partial charge < -0.3 is 4.74 Å². The number of anilines is 1. The normalized spacial score (nSPS) is 11.2. The number of methoxy groups -OCH3 is 1. The Morgan fingerprint density at radius 1 is 1.10 bits per heavy atom. The summed E-state index contributed by atoms with van der Waals surface area (Å²) in [7, 11) is -2.46. The fourth-order valence-electron chi connectivity index (χ4n) is 2.58. The van der Waals surface area contributed by atoms with Crippen molar-refractivity contribution < 1.29 is 17.9 Å². The van der Waals surface area contributed by atoms with Crippen LogP contribution in [0.1, 0.15) is 5.56 Å². The molecule has 0 aliphatic heterocycles. The number of sulfonamides is 1. The molecule has 0 atom stereocenters. The summed E-state index contributed by atoms with van der Waals surface area (Å²) in [5.41, 5.74) is 3.37. The van der Waals surface area contributed by atoms with Crippen molar-refractivity contribution in [2.45, 2.75) is 4.90 Å². The number of hydrogen-bond donors (Lipinski definition) is 1. The molecule has 3 aromatic rings. The van der Waals surface area contributed by atoms with Crippen LogP contribution in [0.5, 0.6) is 5.75 Å². The van der Waals surface area contributed by atoms with Crippen molar-refractivity contribution in [3.63, 3.8) is 0 Å². The van der Waals surface area contributed by atoms with Crippen molar-refractivity contribution in [2.75, 3.05) is 18.0 Å². The number of nitrogens with zero attached hydrogens (tertiary/aromatic N) is 3. The van der Waals surface area contributed by atoms with Crippen molar-refractivity contribution in [1.82, 2.24) is 10.4 Å². The molecule has 1 N–H and O–H groups in total. The van der Waals surface area contributed by atoms with E-state index in [0.717, 1.165) is 4.31 Å². The molecule has 30 heavy (non-hydrogen) atoms. The van der Waals surface area contributed by atoms with E-state index in [1.807, 2.05) is 0 Å². The molecule has 2 aromatic carbocycles. The predicted molar refractivity (Wildman–Crippen MR) is 114 cm³/mol. The molecule has 8 nitrogen and oxygen atoms in total. The molecule has 0 aliphatic rings. The lowest BCUT2D eigenvalue weighted by Gasteiger charge is -2.23. The third-order valence-corrected chi connectivity index (χ3v) is 5.85. The topological polar surface area (TPSA) is 101 Å². The number of carbonyl (C=O) groups is 1. The van der Waals surface area contributed by atoms with Gasteiger partial charge in [0.2, 0.25) is 0 Å². The van der Waals surface area contributed by atoms with Gasteiger partial charge in [-0.2, -0.15) is 5.10 Å². The van der Waals surface area contributed by atoms with E-state index in [1.165, 1.54) is 25.5 Å². The first-order chi connectivity index (χ1) is 14.5. The smallest absolute Gasteiger partial charge is 0.264 e. The Bertz CT molecular complexity index is 1100. The highest BCUT2D eigenvalue weighted by molar-refractivity contribution is 7.92. The largest absolute Gasteiger partial charge is 0.497 e. The molecule has 0 unspecified atom stereocenters. The first-order valence-corrected chi connectivity index (χ1v) is 10.4. The average Bonchev–Trinajstić information content (AvgIpc) is 2.79. The summed E-state index contributed by atoms with van der Waals surface area (Å²) in [5.74, 6) is -0.0215. The molecule has 0 saturated carbocycles. The second-order valence-corrected chi connectivity index (χ2v) is 7.96. The molecular formula is C21H20N4O4S. The van der Waals surface area contributed by atoms with Gasteiger partial charge in [0.1, 0.15) is 12.3 Å². The van der Waals surface area contributed by atoms with Gasteiger partial charge in [0.05, 0.1) is 23.9 Å². The number of hydrazone groups is 1. The molecule has 1 aromatic heterocycles. The lowest BCUT2D eigenvalue weighted by atomic mass is 10.3. The molecular weight excluding hydrogens is 404 g/mol. The molecule has 0 radical (unpaired) electrons. The summed E-state index contributed by atoms with van der Waals surface area (Å²) >= 11 is 0. The van der Waals surface area contributed by atoms with Gasteiger partial charge in [-0.3, -0.25) is 14.1 Å². The van der Waals surface area contributed by atoms with Gasteiger partial charge in [0.15, 0.2) is 0 Å². The van der Waals surface area contributed by atoms with Crippen molar-refractivity contribution in [1.29, 1.82) is 0 Å². The predicted octanol–water partition coefficient (Wildman–Crippen LogP) is 2.44. The van der Waals surface area contributed by atoms with Crippen LogP contribution in [0.25, 0.3) is 0 Å². The van der Waals surface area contributed by atoms with Gasteiger partial charge in [-0.25, -0.2) is 13.8 Å². The number of carbonyl (C=O) groups excluding carboxylic acids is 1. The molecule has 0 fully saturated rings. The number of nitrogens with one attached hydrogen (secondary N) is 1. The SMILES string of the molecule is COc1ccc(N(CC(=O)N/N=C/c2cccnc2)S(=O)(=O)c2ccccc2)cc1. The average molecular weight is 424 g/mol. The van der Waals surface area contributed by atoms with Crippen LogP contribution in [0.15, 0.2) is 89.1 Å². The summed E-state index contributed by atoms with van der Waals surface area (Å²) in [6, 6.07) is 17.8. The summed E-state index contributed by atoms with van der Waals surface area (Å²) < 4.78 is 32.5. The zero-order valence-corrected chi connectivity index (χ0v) is 17.0. The van der Waals surface area contributed by atoms with Crippen LogP contribution < -0.4 is 14.5 Å². The van der Waals surface area contributed by atoms with E-state index in [0.29, 0.717) is 17.0 Å². The van der Waals surface area contributed by atoms with Crippen LogP contribution in [0.3, 0.4) is 0 Å². The maximum atomic E-state index is 13.2. The van der Waals surface area contributed by atoms with Crippen LogP contribution >= 0.6 is 0 Å². The minimum absolute atomic E-state index is 0.0764. The van der Waals surface area contributed by atoms with Gasteiger partial charge in [-0.05, 0) is 42.5 Å². The van der Waals surface area contributed by atoms with Crippen molar-refractivity contribution in [3.8, 4) is 5.75 Å². The van der Waals surface area contributed by atoms with Gasteiger partial charge in [0, 0.05) is 18.0 Å². The molecule has 0 bridgehead atoms. The molecule has 1 heterocycles. The molecule has 154 valence electrons. The Balaban J connectivity index is 1.83. The Hall–Kier alpha value is -3.72. The second kappa shape index (κ2) is 9.66. The van der Waals surface area contributed by atoms with E-state index in [2.05, 4.69) is 15.5 Å². The number of rotatable bonds is 8. The highest BCUT2D eigenvalue weighted by atomic mass is 32.2. The standard InChI is InChI=1S/C21H20N4O4S/c1-29-19-11-9-18(10-12-19)25(30(27,28)20-7-3-2-4-8-20)16-21(26)24-23-15-17-6-5-13-22-14-17/h2-15H,16H2,1H3,(H,24,26)/b23-15+. The summed E-state index contributed by atoms with van der Waals surface area (Å²) in [4.78, 5) is 16.5. The van der Waals surface area contributed by atoms with Crippen LogP contribution in [0.4, 0.5) is 5.69 Å². The Kier molecular flexibility index (Phi) is 6.76. The maximum Gasteiger partial charge on any atom is 0.264 e. The fraction of sp³-hybridized carbons (Fsp3) is 0.0952. The molecule has 0 aliphatic carbocycles. The monoisotopic (exact) mass is 424 g/mol. The lowest BCUT2D eigenvalue weighted by molar-refractivity contribution is -0.119. The van der Waals surface area contributed by atoms with E-state index >= 15 is 0 Å². The van der Waals surface area contributed by atoms with Crippen molar-refractivity contribution in [2.24, 2.45) is 5.10 Å². The van der Waals surface area contributed by atoms with E-state index in [-0.39, 0.29) is 4.90 Å². The van der Waals surface area contributed by atoms with E-state index < -0.39 is 22.5 Å². The zero-order chi connectivity index (χ0) is 21.4. The summed E-state index contributed by atoms with van der Waals surface area (Å²) in [6.45, 7) is -0.450. The van der Waals surface area contributed by atoms with Crippen LogP contribution in [0.2, 0.25) is 0 Å². The highest BCUT2D eigenvalue weighted by Crippen LogP contribution is 2.25. The third-order valence-electron chi connectivity index (χ3n) is 4.07. The number of benzene rings is 2. The maximum absolute atomic E-state index is 13.2. The minimum atomic E-state index is -3.98. The number of aromatic nitrogens is 1. The molecule has 0 saturated heterocycles. The second-order valence-electron chi connectivity index (χ2n) is 6.10. The zero-order valence-electron chi connectivity index (χ0n) is 16.2. The molecule has 9 heteroatoms. The number of amides is 1. The van der Waals surface area contributed by atoms with E-state index in [4.69, 9.17) is 4.74 Å². The lowest BCUT2D eigenvalue weighted by Crippen LogP contribution is -2.39. The van der Waals surface area contributed by atoms with Crippen LogP contribution in [-0.4, -0.2) is 39.2 Å². The van der Waals surface area contributed by atoms with Crippen LogP contribution in [-0.2, 0) is 14.8 Å². The highest BCUT2D eigenvalue weighted by Gasteiger charge is 2.27. The van der Waals surface area contributed by atoms with Gasteiger partial charge in [-0.15, -0.1) is 0 Å². The van der Waals surface area contributed by atoms with Crippen molar-refractivity contribution >= 4 is 27.8 Å². The van der Waals surface area contributed by atoms with Gasteiger partial charge >= 0.3 is 0 Å². The minimum Gasteiger partial charge on any atom is -0.497 e. The van der Waals surface area contributed by atoms with E-state index in [1.54, 1.807) is 67.0 Å². The molecule has 3 rings (SSSR count). The number of hydrogen-bond acceptors (Lipinski definition) is 6. The summed E-state index contributed by atoms with van der Waals surface area (Å²) in [5, 5.41) is 3.86. The van der Waals surface area contributed by atoms with Crippen LogP contribution in [0, 0.1) is 0 Å². The van der Waals surface area contributed by atoms with Gasteiger partial charge in [-0.1, -0.05) is 24.3 Å². The van der Waals surface area contributed by atoms with E-state index in [9.17, 15) is 13.2 Å². The first-order valence-electron chi connectivity index (χ1n) is 8.94. The number of ether oxygens (including phenoxy) is 1. The summed E-state index contributed by atoms with van der Waals surface area (Å²) in [6.07, 6.45) is 4.63. The quantitative estimate of drug-likeness (QED) is 0.442.